The standard InChI is InChI=1S/C8H6F2O/c9-4-7-6(5-11)2-1-3-8(7)10/h1-3,5H,4H2. The van der Waals surface area contributed by atoms with Gasteiger partial charge in [-0.3, -0.25) is 4.79 Å². The van der Waals surface area contributed by atoms with Gasteiger partial charge in [0.25, 0.3) is 0 Å². The molecule has 0 spiro atoms. The quantitative estimate of drug-likeness (QED) is 0.599. The zero-order chi connectivity index (χ0) is 8.27. The lowest BCUT2D eigenvalue weighted by molar-refractivity contribution is 0.112. The molecule has 3 heteroatoms. The molecule has 0 saturated carbocycles. The Bertz CT molecular complexity index is 271. The van der Waals surface area contributed by atoms with Crippen LogP contribution in [-0.4, -0.2) is 6.29 Å². The third-order valence-corrected chi connectivity index (χ3v) is 1.42. The number of benzene rings is 1. The van der Waals surface area contributed by atoms with Gasteiger partial charge >= 0.3 is 0 Å². The van der Waals surface area contributed by atoms with Crippen molar-refractivity contribution < 1.29 is 13.6 Å². The van der Waals surface area contributed by atoms with Gasteiger partial charge < -0.3 is 0 Å². The molecule has 0 aliphatic heterocycles. The number of carbonyl (C=O) groups excluding carboxylic acids is 1. The molecule has 0 saturated heterocycles. The van der Waals surface area contributed by atoms with Gasteiger partial charge in [0.05, 0.1) is 0 Å². The van der Waals surface area contributed by atoms with Crippen LogP contribution in [0.4, 0.5) is 8.78 Å². The van der Waals surface area contributed by atoms with E-state index in [0.29, 0.717) is 6.29 Å². The molecule has 0 radical (unpaired) electrons. The van der Waals surface area contributed by atoms with E-state index in [-0.39, 0.29) is 11.1 Å². The van der Waals surface area contributed by atoms with E-state index >= 15 is 0 Å². The molecule has 58 valence electrons. The molecule has 0 aliphatic carbocycles. The molecule has 0 bridgehead atoms. The summed E-state index contributed by atoms with van der Waals surface area (Å²) in [6.45, 7) is -0.944. The van der Waals surface area contributed by atoms with Gasteiger partial charge in [-0.1, -0.05) is 12.1 Å². The molecule has 1 rings (SSSR count). The van der Waals surface area contributed by atoms with Gasteiger partial charge in [-0.05, 0) is 6.07 Å². The highest BCUT2D eigenvalue weighted by molar-refractivity contribution is 5.77. The predicted octanol–water partition coefficient (Wildman–Crippen LogP) is 2.11. The van der Waals surface area contributed by atoms with Crippen LogP contribution in [0.15, 0.2) is 18.2 Å². The van der Waals surface area contributed by atoms with Crippen LogP contribution in [-0.2, 0) is 6.67 Å². The Balaban J connectivity index is 3.23. The maximum atomic E-state index is 12.6. The lowest BCUT2D eigenvalue weighted by Crippen LogP contribution is -1.93. The summed E-state index contributed by atoms with van der Waals surface area (Å²) in [5.74, 6) is -0.669. The van der Waals surface area contributed by atoms with Crippen LogP contribution < -0.4 is 0 Å². The second-order valence-corrected chi connectivity index (χ2v) is 2.06. The SMILES string of the molecule is O=Cc1cccc(F)c1CF. The first-order chi connectivity index (χ1) is 5.29. The van der Waals surface area contributed by atoms with Crippen molar-refractivity contribution in [2.45, 2.75) is 6.67 Å². The predicted molar refractivity (Wildman–Crippen MR) is 36.6 cm³/mol. The summed E-state index contributed by atoms with van der Waals surface area (Å²) in [6, 6.07) is 3.88. The third kappa shape index (κ3) is 1.42. The molecule has 1 aromatic rings. The van der Waals surface area contributed by atoms with Crippen LogP contribution in [0.1, 0.15) is 15.9 Å². The van der Waals surface area contributed by atoms with E-state index in [1.807, 2.05) is 0 Å². The summed E-state index contributed by atoms with van der Waals surface area (Å²) in [7, 11) is 0. The topological polar surface area (TPSA) is 17.1 Å². The summed E-state index contributed by atoms with van der Waals surface area (Å²) >= 11 is 0. The first-order valence-corrected chi connectivity index (χ1v) is 3.08. The minimum atomic E-state index is -0.944. The molecule has 1 nitrogen and oxygen atoms in total. The number of alkyl halides is 1. The van der Waals surface area contributed by atoms with Crippen molar-refractivity contribution in [3.8, 4) is 0 Å². The van der Waals surface area contributed by atoms with Gasteiger partial charge in [-0.2, -0.15) is 0 Å². The highest BCUT2D eigenvalue weighted by Gasteiger charge is 2.05. The van der Waals surface area contributed by atoms with Gasteiger partial charge in [0, 0.05) is 11.1 Å². The number of halogens is 2. The number of carbonyl (C=O) groups is 1. The van der Waals surface area contributed by atoms with E-state index in [1.165, 1.54) is 12.1 Å². The minimum absolute atomic E-state index is 0.0764. The average Bonchev–Trinajstić information content (AvgIpc) is 2.04. The Kier molecular flexibility index (Phi) is 2.31. The summed E-state index contributed by atoms with van der Waals surface area (Å²) < 4.78 is 24.7. The highest BCUT2D eigenvalue weighted by atomic mass is 19.1. The van der Waals surface area contributed by atoms with E-state index in [1.54, 1.807) is 0 Å². The fourth-order valence-electron chi connectivity index (χ4n) is 0.827. The second kappa shape index (κ2) is 3.23. The van der Waals surface area contributed by atoms with Crippen molar-refractivity contribution >= 4 is 6.29 Å². The maximum Gasteiger partial charge on any atom is 0.150 e. The second-order valence-electron chi connectivity index (χ2n) is 2.06. The Hall–Kier alpha value is -1.25. The molecule has 0 fully saturated rings. The third-order valence-electron chi connectivity index (χ3n) is 1.42. The molecular weight excluding hydrogens is 150 g/mol. The van der Waals surface area contributed by atoms with E-state index in [2.05, 4.69) is 0 Å². The molecule has 0 aromatic heterocycles. The Morgan fingerprint density at radius 1 is 1.45 bits per heavy atom. The van der Waals surface area contributed by atoms with Crippen molar-refractivity contribution in [1.82, 2.24) is 0 Å². The van der Waals surface area contributed by atoms with Gasteiger partial charge in [-0.25, -0.2) is 8.78 Å². The van der Waals surface area contributed by atoms with Gasteiger partial charge in [-0.15, -0.1) is 0 Å². The zero-order valence-corrected chi connectivity index (χ0v) is 5.68. The van der Waals surface area contributed by atoms with Crippen molar-refractivity contribution in [3.05, 3.63) is 35.1 Å². The lowest BCUT2D eigenvalue weighted by atomic mass is 10.1. The van der Waals surface area contributed by atoms with E-state index in [4.69, 9.17) is 0 Å². The molecule has 0 atom stereocenters. The van der Waals surface area contributed by atoms with Crippen molar-refractivity contribution in [2.24, 2.45) is 0 Å². The fourth-order valence-corrected chi connectivity index (χ4v) is 0.827. The number of rotatable bonds is 2. The van der Waals surface area contributed by atoms with Gasteiger partial charge in [0.1, 0.15) is 12.5 Å². The number of hydrogen-bond acceptors (Lipinski definition) is 1. The average molecular weight is 156 g/mol. The molecule has 0 amide bonds. The smallest absolute Gasteiger partial charge is 0.150 e. The van der Waals surface area contributed by atoms with Crippen LogP contribution in [0.3, 0.4) is 0 Å². The Morgan fingerprint density at radius 2 is 2.18 bits per heavy atom. The molecule has 11 heavy (non-hydrogen) atoms. The van der Waals surface area contributed by atoms with Gasteiger partial charge in [0.2, 0.25) is 0 Å². The monoisotopic (exact) mass is 156 g/mol. The molecule has 0 heterocycles. The summed E-state index contributed by atoms with van der Waals surface area (Å²) in [5, 5.41) is 0. The van der Waals surface area contributed by atoms with Crippen LogP contribution >= 0.6 is 0 Å². The van der Waals surface area contributed by atoms with Crippen LogP contribution in [0.5, 0.6) is 0 Å². The largest absolute Gasteiger partial charge is 0.298 e. The first-order valence-electron chi connectivity index (χ1n) is 3.08. The molecule has 0 unspecified atom stereocenters. The number of aldehydes is 1. The maximum absolute atomic E-state index is 12.6. The normalized spacial score (nSPS) is 9.64. The fraction of sp³-hybridized carbons (Fsp3) is 0.125. The van der Waals surface area contributed by atoms with Crippen molar-refractivity contribution in [2.75, 3.05) is 0 Å². The molecular formula is C8H6F2O. The van der Waals surface area contributed by atoms with Crippen LogP contribution in [0, 0.1) is 5.82 Å². The van der Waals surface area contributed by atoms with E-state index in [9.17, 15) is 13.6 Å². The summed E-state index contributed by atoms with van der Waals surface area (Å²) in [4.78, 5) is 10.2. The van der Waals surface area contributed by atoms with Crippen LogP contribution in [0.2, 0.25) is 0 Å². The Labute approximate surface area is 62.7 Å². The lowest BCUT2D eigenvalue weighted by Gasteiger charge is -1.99. The molecule has 1 aromatic carbocycles. The highest BCUT2D eigenvalue weighted by Crippen LogP contribution is 2.12. The Morgan fingerprint density at radius 3 is 2.64 bits per heavy atom. The molecule has 0 aliphatic rings. The zero-order valence-electron chi connectivity index (χ0n) is 5.68. The first kappa shape index (κ1) is 7.85. The van der Waals surface area contributed by atoms with Gasteiger partial charge in [0.15, 0.2) is 6.29 Å². The van der Waals surface area contributed by atoms with Crippen LogP contribution in [0.25, 0.3) is 0 Å². The van der Waals surface area contributed by atoms with E-state index in [0.717, 1.165) is 6.07 Å². The van der Waals surface area contributed by atoms with E-state index < -0.39 is 12.5 Å². The molecule has 0 N–H and O–H groups in total. The van der Waals surface area contributed by atoms with Crippen molar-refractivity contribution in [3.63, 3.8) is 0 Å². The minimum Gasteiger partial charge on any atom is -0.298 e. The summed E-state index contributed by atoms with van der Waals surface area (Å²) in [5.41, 5.74) is -0.0880. The summed E-state index contributed by atoms with van der Waals surface area (Å²) in [6.07, 6.45) is 0.442. The van der Waals surface area contributed by atoms with Crippen molar-refractivity contribution in [1.29, 1.82) is 0 Å². The number of hydrogen-bond donors (Lipinski definition) is 0.